The number of fused-ring (bicyclic) bond motifs is 2. The SMILES string of the molecule is COc1c(CN2O[C@@H](CO)[C@@H]([C@H](C)O)[C@H]2C(=O)NC2C[C@@H]3C[C@H]([C@@H]2C)C3(C)C)cccc1-c1cc(C(=O)N[C@@H](Cc2ccccc2)CN(C)C)cc(N(C)CCNS(C)(=O)=O)c1. The lowest BCUT2D eigenvalue weighted by atomic mass is 9.45. The van der Waals surface area contributed by atoms with Crippen LogP contribution in [0.5, 0.6) is 5.75 Å². The average Bonchev–Trinajstić information content (AvgIpc) is 3.59. The molecule has 9 atom stereocenters. The Balaban J connectivity index is 1.32. The van der Waals surface area contributed by atoms with E-state index in [2.05, 4.69) is 36.1 Å². The molecule has 3 aromatic rings. The molecule has 1 saturated heterocycles. The summed E-state index contributed by atoms with van der Waals surface area (Å²) in [7, 11) is 3.93. The van der Waals surface area contributed by atoms with Gasteiger partial charge in [-0.15, -0.1) is 0 Å². The lowest BCUT2D eigenvalue weighted by Gasteiger charge is -2.62. The molecule has 4 fully saturated rings. The highest BCUT2D eigenvalue weighted by molar-refractivity contribution is 7.88. The molecule has 2 bridgehead atoms. The number of hydroxylamine groups is 2. The predicted molar refractivity (Wildman–Crippen MR) is 242 cm³/mol. The molecule has 14 nitrogen and oxygen atoms in total. The summed E-state index contributed by atoms with van der Waals surface area (Å²) >= 11 is 0. The smallest absolute Gasteiger partial charge is 0.251 e. The quantitative estimate of drug-likeness (QED) is 0.118. The molecule has 62 heavy (non-hydrogen) atoms. The van der Waals surface area contributed by atoms with Gasteiger partial charge in [-0.25, -0.2) is 13.1 Å². The molecule has 3 aliphatic carbocycles. The topological polar surface area (TPSA) is 173 Å². The van der Waals surface area contributed by atoms with Crippen molar-refractivity contribution in [2.24, 2.45) is 29.1 Å². The molecule has 0 spiro atoms. The Hall–Kier alpha value is -4.09. The summed E-state index contributed by atoms with van der Waals surface area (Å²) in [5.41, 5.74) is 4.50. The maximum Gasteiger partial charge on any atom is 0.251 e. The van der Waals surface area contributed by atoms with Gasteiger partial charge in [0.05, 0.1) is 32.6 Å². The molecule has 2 amide bonds. The van der Waals surface area contributed by atoms with E-state index in [0.717, 1.165) is 18.2 Å². The Bertz CT molecular complexity index is 2140. The molecule has 5 N–H and O–H groups in total. The number of ether oxygens (including phenoxy) is 1. The first-order chi connectivity index (χ1) is 29.3. The van der Waals surface area contributed by atoms with Crippen LogP contribution in [0, 0.1) is 29.1 Å². The zero-order chi connectivity index (χ0) is 45.1. The third-order valence-electron chi connectivity index (χ3n) is 13.7. The summed E-state index contributed by atoms with van der Waals surface area (Å²) in [6.45, 7) is 9.32. The lowest BCUT2D eigenvalue weighted by Crippen LogP contribution is -2.62. The summed E-state index contributed by atoms with van der Waals surface area (Å²) < 4.78 is 32.5. The number of anilines is 1. The third-order valence-corrected chi connectivity index (χ3v) is 14.4. The molecule has 0 radical (unpaired) electrons. The molecule has 1 aliphatic heterocycles. The number of sulfonamides is 1. The number of carbonyl (C=O) groups is 2. The molecule has 4 aliphatic rings. The van der Waals surface area contributed by atoms with Gasteiger partial charge >= 0.3 is 0 Å². The van der Waals surface area contributed by atoms with Gasteiger partial charge in [-0.05, 0) is 92.8 Å². The molecule has 1 heterocycles. The van der Waals surface area contributed by atoms with E-state index in [4.69, 9.17) is 9.57 Å². The summed E-state index contributed by atoms with van der Waals surface area (Å²) in [5.74, 6) is 0.662. The van der Waals surface area contributed by atoms with Crippen LogP contribution < -0.4 is 25.0 Å². The number of likely N-dealkylation sites (N-methyl/N-ethyl adjacent to an activating group) is 2. The van der Waals surface area contributed by atoms with Crippen LogP contribution in [0.1, 0.15) is 62.0 Å². The second-order valence-corrected chi connectivity index (χ2v) is 20.5. The van der Waals surface area contributed by atoms with Crippen LogP contribution >= 0.6 is 0 Å². The number of benzene rings is 3. The molecule has 1 unspecified atom stereocenters. The van der Waals surface area contributed by atoms with Gasteiger partial charge in [0.2, 0.25) is 15.9 Å². The zero-order valence-electron chi connectivity index (χ0n) is 37.8. The number of aliphatic hydroxyl groups excluding tert-OH is 2. The largest absolute Gasteiger partial charge is 0.496 e. The van der Waals surface area contributed by atoms with Gasteiger partial charge in [0.25, 0.3) is 5.91 Å². The second-order valence-electron chi connectivity index (χ2n) is 18.7. The van der Waals surface area contributed by atoms with E-state index in [9.17, 15) is 28.2 Å². The van der Waals surface area contributed by atoms with Crippen molar-refractivity contribution < 1.29 is 37.8 Å². The van der Waals surface area contributed by atoms with Crippen molar-refractivity contribution >= 4 is 27.5 Å². The number of carbonyl (C=O) groups excluding carboxylic acids is 2. The first-order valence-electron chi connectivity index (χ1n) is 21.8. The van der Waals surface area contributed by atoms with Gasteiger partial charge in [-0.3, -0.25) is 14.4 Å². The van der Waals surface area contributed by atoms with Crippen LogP contribution in [-0.4, -0.2) is 131 Å². The molecule has 3 aromatic carbocycles. The van der Waals surface area contributed by atoms with E-state index in [0.29, 0.717) is 71.0 Å². The average molecular weight is 877 g/mol. The van der Waals surface area contributed by atoms with E-state index in [1.54, 1.807) is 25.2 Å². The van der Waals surface area contributed by atoms with Crippen LogP contribution in [0.25, 0.3) is 11.1 Å². The fourth-order valence-electron chi connectivity index (χ4n) is 10.2. The number of rotatable bonds is 19. The molecule has 0 aromatic heterocycles. The standard InChI is InChI=1S/C47H68N6O8S/c1-29-39-24-35(47(39,3)4)25-40(29)50-46(57)43-42(30(2)55)41(28-54)61-53(43)26-32-16-13-17-38(44(32)60-8)33-21-34(23-37(22-33)52(7)19-18-48-62(9,58)59)45(56)49-36(27-51(5)6)20-31-14-11-10-12-15-31/h10-17,21-23,29-30,35-36,39-43,48,54-55H,18-20,24-28H2,1-9H3,(H,49,56)(H,50,57)/t29-,30-,35-,36-,39+,40?,41-,42+,43-/m0/s1. The van der Waals surface area contributed by atoms with Crippen molar-refractivity contribution in [2.45, 2.75) is 83.8 Å². The first-order valence-corrected chi connectivity index (χ1v) is 23.7. The Kier molecular flexibility index (Phi) is 15.1. The van der Waals surface area contributed by atoms with E-state index in [-0.39, 0.29) is 49.0 Å². The van der Waals surface area contributed by atoms with Crippen molar-refractivity contribution in [2.75, 3.05) is 65.6 Å². The maximum absolute atomic E-state index is 14.4. The van der Waals surface area contributed by atoms with Crippen molar-refractivity contribution in [3.05, 3.63) is 83.4 Å². The van der Waals surface area contributed by atoms with Crippen LogP contribution in [0.15, 0.2) is 66.7 Å². The Morgan fingerprint density at radius 1 is 1.05 bits per heavy atom. The summed E-state index contributed by atoms with van der Waals surface area (Å²) in [5, 5.41) is 29.7. The molecule has 15 heteroatoms. The monoisotopic (exact) mass is 876 g/mol. The second kappa shape index (κ2) is 19.7. The van der Waals surface area contributed by atoms with Crippen LogP contribution in [-0.2, 0) is 32.6 Å². The zero-order valence-corrected chi connectivity index (χ0v) is 38.6. The van der Waals surface area contributed by atoms with E-state index in [1.807, 2.05) is 91.6 Å². The molecule has 3 saturated carbocycles. The van der Waals surface area contributed by atoms with Crippen molar-refractivity contribution in [3.8, 4) is 16.9 Å². The van der Waals surface area contributed by atoms with Gasteiger partial charge < -0.3 is 35.4 Å². The highest BCUT2D eigenvalue weighted by Crippen LogP contribution is 2.61. The number of nitrogens with zero attached hydrogens (tertiary/aromatic N) is 3. The van der Waals surface area contributed by atoms with Crippen LogP contribution in [0.4, 0.5) is 5.69 Å². The Morgan fingerprint density at radius 3 is 2.39 bits per heavy atom. The fourth-order valence-corrected chi connectivity index (χ4v) is 10.7. The highest BCUT2D eigenvalue weighted by atomic mass is 32.2. The van der Waals surface area contributed by atoms with E-state index >= 15 is 0 Å². The van der Waals surface area contributed by atoms with Crippen molar-refractivity contribution in [1.29, 1.82) is 0 Å². The number of aliphatic hydroxyl groups is 2. The third kappa shape index (κ3) is 10.8. The summed E-state index contributed by atoms with van der Waals surface area (Å²) in [6, 6.07) is 20.2. The number of hydrogen-bond acceptors (Lipinski definition) is 11. The number of nitrogens with one attached hydrogen (secondary N) is 3. The summed E-state index contributed by atoms with van der Waals surface area (Å²) in [4.78, 5) is 38.9. The number of amides is 2. The van der Waals surface area contributed by atoms with Gasteiger partial charge in [0.1, 0.15) is 17.9 Å². The molecular formula is C47H68N6O8S. The molecule has 7 rings (SSSR count). The lowest BCUT2D eigenvalue weighted by molar-refractivity contribution is -0.183. The first kappa shape index (κ1) is 47.4. The summed E-state index contributed by atoms with van der Waals surface area (Å²) in [6.07, 6.45) is 2.07. The van der Waals surface area contributed by atoms with Gasteiger partial charge in [-0.2, -0.15) is 5.06 Å². The van der Waals surface area contributed by atoms with Gasteiger partial charge in [0.15, 0.2) is 0 Å². The maximum atomic E-state index is 14.4. The molecular weight excluding hydrogens is 809 g/mol. The normalized spacial score (nSPS) is 25.5. The number of para-hydroxylation sites is 1. The highest BCUT2D eigenvalue weighted by Gasteiger charge is 2.57. The predicted octanol–water partition coefficient (Wildman–Crippen LogP) is 3.91. The molecule has 340 valence electrons. The van der Waals surface area contributed by atoms with Crippen LogP contribution in [0.3, 0.4) is 0 Å². The minimum atomic E-state index is -3.41. The minimum absolute atomic E-state index is 0.00252. The minimum Gasteiger partial charge on any atom is -0.496 e. The van der Waals surface area contributed by atoms with Gasteiger partial charge in [-0.1, -0.05) is 69.3 Å². The van der Waals surface area contributed by atoms with E-state index in [1.165, 1.54) is 6.42 Å². The van der Waals surface area contributed by atoms with Crippen molar-refractivity contribution in [1.82, 2.24) is 25.3 Å². The Labute approximate surface area is 368 Å². The Morgan fingerprint density at radius 2 is 1.77 bits per heavy atom. The van der Waals surface area contributed by atoms with E-state index < -0.39 is 34.2 Å². The van der Waals surface area contributed by atoms with Gasteiger partial charge in [0, 0.05) is 67.1 Å². The number of methoxy groups -OCH3 is 1. The fraction of sp³-hybridized carbons (Fsp3) is 0.574. The van der Waals surface area contributed by atoms with Crippen LogP contribution in [0.2, 0.25) is 0 Å². The van der Waals surface area contributed by atoms with Crippen molar-refractivity contribution in [3.63, 3.8) is 0 Å². The number of hydrogen-bond donors (Lipinski definition) is 5.